The molecule has 3 heterocycles. The number of thioether (sulfide) groups is 1. The molecule has 0 saturated heterocycles. The molecule has 176 valence electrons. The number of hydrogen-bond donors (Lipinski definition) is 2. The van der Waals surface area contributed by atoms with Crippen molar-refractivity contribution < 1.29 is 19.1 Å². The second kappa shape index (κ2) is 10.3. The average molecular weight is 489 g/mol. The summed E-state index contributed by atoms with van der Waals surface area (Å²) in [4.78, 5) is 33.8. The Balaban J connectivity index is 1.19. The van der Waals surface area contributed by atoms with Crippen molar-refractivity contribution in [2.75, 3.05) is 23.2 Å². The first-order valence-electron chi connectivity index (χ1n) is 10.7. The number of hydrogen-bond acceptors (Lipinski definition) is 8. The molecule has 35 heavy (non-hydrogen) atoms. The van der Waals surface area contributed by atoms with Crippen LogP contribution in [0.1, 0.15) is 15.9 Å². The summed E-state index contributed by atoms with van der Waals surface area (Å²) in [6.07, 6.45) is 3.13. The van der Waals surface area contributed by atoms with Crippen LogP contribution in [0.4, 0.5) is 11.6 Å². The standard InChI is InChI=1S/C24H20N6O4S/c31-21(27-17-8-9-19-20(11-17)34-15-33-19)13-35-23-18(7-4-10-25-23)22(32)28-24-26-14-30(29-24)12-16-5-2-1-3-6-16/h1-11,14H,12-13,15H2,(H,27,31)(H,28,29,32). The van der Waals surface area contributed by atoms with Gasteiger partial charge >= 0.3 is 0 Å². The maximum atomic E-state index is 12.9. The summed E-state index contributed by atoms with van der Waals surface area (Å²) in [6.45, 7) is 0.700. The zero-order chi connectivity index (χ0) is 24.0. The zero-order valence-corrected chi connectivity index (χ0v) is 19.2. The van der Waals surface area contributed by atoms with Gasteiger partial charge < -0.3 is 14.8 Å². The Labute approximate surface area is 204 Å². The third-order valence-electron chi connectivity index (χ3n) is 4.96. The molecule has 1 aliphatic heterocycles. The van der Waals surface area contributed by atoms with E-state index in [0.29, 0.717) is 34.3 Å². The highest BCUT2D eigenvalue weighted by Gasteiger charge is 2.17. The minimum Gasteiger partial charge on any atom is -0.454 e. The normalized spacial score (nSPS) is 11.8. The summed E-state index contributed by atoms with van der Waals surface area (Å²) >= 11 is 1.16. The van der Waals surface area contributed by atoms with Crippen molar-refractivity contribution in [3.05, 3.63) is 84.3 Å². The highest BCUT2D eigenvalue weighted by Crippen LogP contribution is 2.34. The third kappa shape index (κ3) is 5.58. The van der Waals surface area contributed by atoms with Gasteiger partial charge in [-0.05, 0) is 29.8 Å². The monoisotopic (exact) mass is 488 g/mol. The van der Waals surface area contributed by atoms with Crippen LogP contribution in [-0.2, 0) is 11.3 Å². The molecule has 0 saturated carbocycles. The van der Waals surface area contributed by atoms with Gasteiger partial charge in [-0.25, -0.2) is 14.6 Å². The number of ether oxygens (including phenoxy) is 2. The van der Waals surface area contributed by atoms with Gasteiger partial charge in [0.25, 0.3) is 5.91 Å². The van der Waals surface area contributed by atoms with Crippen LogP contribution >= 0.6 is 11.8 Å². The van der Waals surface area contributed by atoms with Crippen molar-refractivity contribution in [3.63, 3.8) is 0 Å². The van der Waals surface area contributed by atoms with Gasteiger partial charge in [0.05, 0.1) is 17.9 Å². The van der Waals surface area contributed by atoms with E-state index in [2.05, 4.69) is 25.7 Å². The van der Waals surface area contributed by atoms with E-state index >= 15 is 0 Å². The van der Waals surface area contributed by atoms with E-state index in [0.717, 1.165) is 17.3 Å². The lowest BCUT2D eigenvalue weighted by Gasteiger charge is -2.08. The van der Waals surface area contributed by atoms with E-state index in [9.17, 15) is 9.59 Å². The first kappa shape index (κ1) is 22.4. The van der Waals surface area contributed by atoms with E-state index in [1.54, 1.807) is 47.5 Å². The first-order chi connectivity index (χ1) is 17.1. The lowest BCUT2D eigenvalue weighted by molar-refractivity contribution is -0.113. The summed E-state index contributed by atoms with van der Waals surface area (Å²) in [5.41, 5.74) is 1.99. The number of carbonyl (C=O) groups is 2. The average Bonchev–Trinajstić information content (AvgIpc) is 3.52. The maximum absolute atomic E-state index is 12.9. The van der Waals surface area contributed by atoms with Gasteiger partial charge in [-0.2, -0.15) is 0 Å². The molecular weight excluding hydrogens is 468 g/mol. The van der Waals surface area contributed by atoms with Crippen LogP contribution in [0.15, 0.2) is 78.2 Å². The molecule has 2 amide bonds. The Morgan fingerprint density at radius 2 is 1.83 bits per heavy atom. The second-order valence-electron chi connectivity index (χ2n) is 7.47. The summed E-state index contributed by atoms with van der Waals surface area (Å²) in [6, 6.07) is 18.3. The fourth-order valence-corrected chi connectivity index (χ4v) is 4.14. The molecule has 0 bridgehead atoms. The number of fused-ring (bicyclic) bond motifs is 1. The number of nitrogens with zero attached hydrogens (tertiary/aromatic N) is 4. The third-order valence-corrected chi connectivity index (χ3v) is 5.97. The van der Waals surface area contributed by atoms with Crippen molar-refractivity contribution in [1.82, 2.24) is 19.7 Å². The van der Waals surface area contributed by atoms with Crippen LogP contribution in [-0.4, -0.2) is 44.1 Å². The molecule has 0 atom stereocenters. The maximum Gasteiger partial charge on any atom is 0.260 e. The summed E-state index contributed by atoms with van der Waals surface area (Å²) in [5, 5.41) is 10.2. The topological polar surface area (TPSA) is 120 Å². The van der Waals surface area contributed by atoms with Gasteiger partial charge in [0.1, 0.15) is 11.4 Å². The minimum absolute atomic E-state index is 0.0652. The number of pyridine rings is 1. The van der Waals surface area contributed by atoms with Crippen LogP contribution in [0.2, 0.25) is 0 Å². The Morgan fingerprint density at radius 3 is 2.71 bits per heavy atom. The fourth-order valence-electron chi connectivity index (χ4n) is 3.35. The quantitative estimate of drug-likeness (QED) is 0.362. The molecular formula is C24H20N6O4S. The number of amides is 2. The predicted octanol–water partition coefficient (Wildman–Crippen LogP) is 3.43. The number of rotatable bonds is 8. The minimum atomic E-state index is -0.408. The van der Waals surface area contributed by atoms with E-state index in [1.165, 1.54) is 0 Å². The van der Waals surface area contributed by atoms with Crippen LogP contribution in [0.3, 0.4) is 0 Å². The van der Waals surface area contributed by atoms with E-state index in [-0.39, 0.29) is 24.4 Å². The summed E-state index contributed by atoms with van der Waals surface area (Å²) in [7, 11) is 0. The van der Waals surface area contributed by atoms with Crippen LogP contribution < -0.4 is 20.1 Å². The second-order valence-corrected chi connectivity index (χ2v) is 8.43. The van der Waals surface area contributed by atoms with Gasteiger partial charge in [0.15, 0.2) is 11.5 Å². The molecule has 2 aromatic heterocycles. The van der Waals surface area contributed by atoms with Crippen LogP contribution in [0.25, 0.3) is 0 Å². The molecule has 4 aromatic rings. The molecule has 2 aromatic carbocycles. The molecule has 5 rings (SSSR count). The SMILES string of the molecule is O=C(CSc1ncccc1C(=O)Nc1ncn(Cc2ccccc2)n1)Nc1ccc2c(c1)OCO2. The first-order valence-corrected chi connectivity index (χ1v) is 11.6. The number of anilines is 2. The van der Waals surface area contributed by atoms with Gasteiger partial charge in [0.2, 0.25) is 18.6 Å². The van der Waals surface area contributed by atoms with Crippen LogP contribution in [0.5, 0.6) is 11.5 Å². The number of aromatic nitrogens is 4. The van der Waals surface area contributed by atoms with Crippen molar-refractivity contribution >= 4 is 35.2 Å². The molecule has 1 aliphatic rings. The molecule has 10 nitrogen and oxygen atoms in total. The molecule has 2 N–H and O–H groups in total. The highest BCUT2D eigenvalue weighted by molar-refractivity contribution is 8.00. The predicted molar refractivity (Wildman–Crippen MR) is 130 cm³/mol. The van der Waals surface area contributed by atoms with Crippen molar-refractivity contribution in [1.29, 1.82) is 0 Å². The highest BCUT2D eigenvalue weighted by atomic mass is 32.2. The Hall–Kier alpha value is -4.38. The van der Waals surface area contributed by atoms with E-state index < -0.39 is 5.91 Å². The Kier molecular flexibility index (Phi) is 6.57. The summed E-state index contributed by atoms with van der Waals surface area (Å²) in [5.74, 6) is 0.822. The lowest BCUT2D eigenvalue weighted by atomic mass is 10.2. The lowest BCUT2D eigenvalue weighted by Crippen LogP contribution is -2.17. The summed E-state index contributed by atoms with van der Waals surface area (Å²) < 4.78 is 12.2. The van der Waals surface area contributed by atoms with Gasteiger partial charge in [-0.1, -0.05) is 42.1 Å². The van der Waals surface area contributed by atoms with Gasteiger partial charge in [0, 0.05) is 18.0 Å². The van der Waals surface area contributed by atoms with Gasteiger partial charge in [-0.3, -0.25) is 14.9 Å². The molecule has 0 fully saturated rings. The van der Waals surface area contributed by atoms with Crippen molar-refractivity contribution in [2.45, 2.75) is 11.6 Å². The van der Waals surface area contributed by atoms with Crippen molar-refractivity contribution in [2.24, 2.45) is 0 Å². The van der Waals surface area contributed by atoms with Crippen LogP contribution in [0, 0.1) is 0 Å². The Bertz CT molecular complexity index is 1360. The molecule has 11 heteroatoms. The van der Waals surface area contributed by atoms with Gasteiger partial charge in [-0.15, -0.1) is 5.10 Å². The molecule has 0 spiro atoms. The van der Waals surface area contributed by atoms with E-state index in [4.69, 9.17) is 9.47 Å². The smallest absolute Gasteiger partial charge is 0.260 e. The fraction of sp³-hybridized carbons (Fsp3) is 0.125. The number of nitrogens with one attached hydrogen (secondary N) is 2. The molecule has 0 radical (unpaired) electrons. The number of benzene rings is 2. The molecule has 0 aliphatic carbocycles. The number of carbonyl (C=O) groups excluding carboxylic acids is 2. The zero-order valence-electron chi connectivity index (χ0n) is 18.4. The van der Waals surface area contributed by atoms with Crippen molar-refractivity contribution in [3.8, 4) is 11.5 Å². The largest absolute Gasteiger partial charge is 0.454 e. The Morgan fingerprint density at radius 1 is 0.971 bits per heavy atom. The molecule has 0 unspecified atom stereocenters. The van der Waals surface area contributed by atoms with E-state index in [1.807, 2.05) is 30.3 Å².